The molecular formula is C17H19ClFNO. The van der Waals surface area contributed by atoms with Gasteiger partial charge in [-0.25, -0.2) is 4.39 Å². The van der Waals surface area contributed by atoms with E-state index in [0.29, 0.717) is 11.6 Å². The quantitative estimate of drug-likeness (QED) is 0.573. The van der Waals surface area contributed by atoms with E-state index in [2.05, 4.69) is 5.16 Å². The van der Waals surface area contributed by atoms with Crippen LogP contribution in [0.15, 0.2) is 28.9 Å². The Kier molecular flexibility index (Phi) is 4.29. The summed E-state index contributed by atoms with van der Waals surface area (Å²) in [5.41, 5.74) is 3.93. The molecule has 0 saturated heterocycles. The topological polar surface area (TPSA) is 32.6 Å². The van der Waals surface area contributed by atoms with E-state index >= 15 is 0 Å². The van der Waals surface area contributed by atoms with Gasteiger partial charge in [-0.05, 0) is 49.3 Å². The lowest BCUT2D eigenvalue weighted by Crippen LogP contribution is -2.09. The van der Waals surface area contributed by atoms with Crippen molar-refractivity contribution in [3.8, 4) is 0 Å². The van der Waals surface area contributed by atoms with E-state index in [1.165, 1.54) is 43.7 Å². The fourth-order valence-electron chi connectivity index (χ4n) is 3.65. The first-order chi connectivity index (χ1) is 10.2. The van der Waals surface area contributed by atoms with Gasteiger partial charge in [0.25, 0.3) is 0 Å². The molecule has 2 aliphatic carbocycles. The Morgan fingerprint density at radius 1 is 1.14 bits per heavy atom. The minimum atomic E-state index is -0.416. The van der Waals surface area contributed by atoms with E-state index in [1.54, 1.807) is 12.1 Å². The second kappa shape index (κ2) is 6.18. The molecule has 0 heterocycles. The largest absolute Gasteiger partial charge is 0.411 e. The molecule has 1 aromatic carbocycles. The van der Waals surface area contributed by atoms with Crippen LogP contribution in [0.1, 0.15) is 50.5 Å². The van der Waals surface area contributed by atoms with E-state index in [-0.39, 0.29) is 5.02 Å². The average Bonchev–Trinajstić information content (AvgIpc) is 2.95. The van der Waals surface area contributed by atoms with Crippen LogP contribution in [0.4, 0.5) is 4.39 Å². The van der Waals surface area contributed by atoms with Crippen LogP contribution in [0.2, 0.25) is 5.02 Å². The molecule has 0 aromatic heterocycles. The SMILES string of the molecule is ON=C1CCC(C2CCCCC2)=C1c1ccc(F)c(Cl)c1. The van der Waals surface area contributed by atoms with Gasteiger partial charge < -0.3 is 5.21 Å². The number of halogens is 2. The third kappa shape index (κ3) is 2.84. The van der Waals surface area contributed by atoms with Crippen LogP contribution in [0, 0.1) is 11.7 Å². The monoisotopic (exact) mass is 307 g/mol. The Hall–Kier alpha value is -1.35. The zero-order valence-electron chi connectivity index (χ0n) is 11.9. The molecule has 4 heteroatoms. The number of oxime groups is 1. The van der Waals surface area contributed by atoms with E-state index in [9.17, 15) is 9.60 Å². The lowest BCUT2D eigenvalue weighted by atomic mass is 9.81. The Labute approximate surface area is 129 Å². The molecule has 3 rings (SSSR count). The van der Waals surface area contributed by atoms with Crippen molar-refractivity contribution in [3.05, 3.63) is 40.2 Å². The molecule has 0 bridgehead atoms. The van der Waals surface area contributed by atoms with Crippen molar-refractivity contribution in [2.75, 3.05) is 0 Å². The normalized spacial score (nSPS) is 22.3. The minimum Gasteiger partial charge on any atom is -0.411 e. The number of nitrogens with zero attached hydrogens (tertiary/aromatic N) is 1. The first-order valence-corrected chi connectivity index (χ1v) is 7.98. The third-order valence-corrected chi connectivity index (χ3v) is 4.96. The van der Waals surface area contributed by atoms with Gasteiger partial charge in [0.1, 0.15) is 5.82 Å². The number of allylic oxidation sites excluding steroid dienone is 2. The van der Waals surface area contributed by atoms with E-state index in [0.717, 1.165) is 24.0 Å². The Morgan fingerprint density at radius 3 is 2.57 bits per heavy atom. The summed E-state index contributed by atoms with van der Waals surface area (Å²) >= 11 is 5.92. The Morgan fingerprint density at radius 2 is 1.90 bits per heavy atom. The average molecular weight is 308 g/mol. The van der Waals surface area contributed by atoms with Crippen molar-refractivity contribution in [3.63, 3.8) is 0 Å². The standard InChI is InChI=1S/C17H19ClFNO/c18-14-10-12(6-8-15(14)19)17-13(7-9-16(17)20-21)11-4-2-1-3-5-11/h6,8,10-11,21H,1-5,7,9H2. The van der Waals surface area contributed by atoms with Crippen LogP contribution in [-0.2, 0) is 0 Å². The maximum Gasteiger partial charge on any atom is 0.141 e. The van der Waals surface area contributed by atoms with Crippen molar-refractivity contribution >= 4 is 22.9 Å². The van der Waals surface area contributed by atoms with Crippen molar-refractivity contribution in [1.29, 1.82) is 0 Å². The summed E-state index contributed by atoms with van der Waals surface area (Å²) in [6.45, 7) is 0. The molecule has 0 spiro atoms. The van der Waals surface area contributed by atoms with Crippen LogP contribution >= 0.6 is 11.6 Å². The van der Waals surface area contributed by atoms with E-state index in [4.69, 9.17) is 11.6 Å². The molecule has 21 heavy (non-hydrogen) atoms. The fraction of sp³-hybridized carbons (Fsp3) is 0.471. The van der Waals surface area contributed by atoms with E-state index < -0.39 is 5.82 Å². The number of hydrogen-bond donors (Lipinski definition) is 1. The smallest absolute Gasteiger partial charge is 0.141 e. The van der Waals surface area contributed by atoms with Gasteiger partial charge in [0, 0.05) is 5.57 Å². The molecule has 2 nitrogen and oxygen atoms in total. The summed E-state index contributed by atoms with van der Waals surface area (Å²) in [4.78, 5) is 0. The van der Waals surface area contributed by atoms with Crippen molar-refractivity contribution in [2.45, 2.75) is 44.9 Å². The van der Waals surface area contributed by atoms with Crippen LogP contribution in [0.5, 0.6) is 0 Å². The number of rotatable bonds is 2. The molecular weight excluding hydrogens is 289 g/mol. The highest BCUT2D eigenvalue weighted by atomic mass is 35.5. The van der Waals surface area contributed by atoms with Gasteiger partial charge in [-0.3, -0.25) is 0 Å². The summed E-state index contributed by atoms with van der Waals surface area (Å²) in [7, 11) is 0. The predicted molar refractivity (Wildman–Crippen MR) is 83.4 cm³/mol. The lowest BCUT2D eigenvalue weighted by Gasteiger charge is -2.24. The summed E-state index contributed by atoms with van der Waals surface area (Å²) in [6.07, 6.45) is 7.93. The second-order valence-electron chi connectivity index (χ2n) is 5.91. The molecule has 1 N–H and O–H groups in total. The molecule has 0 unspecified atom stereocenters. The fourth-order valence-corrected chi connectivity index (χ4v) is 3.83. The van der Waals surface area contributed by atoms with Gasteiger partial charge in [0.2, 0.25) is 0 Å². The van der Waals surface area contributed by atoms with Crippen LogP contribution in [0.3, 0.4) is 0 Å². The molecule has 0 radical (unpaired) electrons. The van der Waals surface area contributed by atoms with E-state index in [1.807, 2.05) is 0 Å². The van der Waals surface area contributed by atoms with Crippen molar-refractivity contribution < 1.29 is 9.60 Å². The molecule has 0 aliphatic heterocycles. The maximum atomic E-state index is 13.4. The molecule has 0 amide bonds. The van der Waals surface area contributed by atoms with Gasteiger partial charge >= 0.3 is 0 Å². The molecule has 1 saturated carbocycles. The van der Waals surface area contributed by atoms with Gasteiger partial charge in [0.05, 0.1) is 10.7 Å². The number of hydrogen-bond acceptors (Lipinski definition) is 2. The zero-order chi connectivity index (χ0) is 14.8. The van der Waals surface area contributed by atoms with Gasteiger partial charge in [-0.2, -0.15) is 0 Å². The molecule has 112 valence electrons. The highest BCUT2D eigenvalue weighted by molar-refractivity contribution is 6.32. The number of benzene rings is 1. The Balaban J connectivity index is 2.05. The lowest BCUT2D eigenvalue weighted by molar-refractivity contribution is 0.319. The molecule has 1 fully saturated rings. The van der Waals surface area contributed by atoms with Crippen molar-refractivity contribution in [1.82, 2.24) is 0 Å². The van der Waals surface area contributed by atoms with Crippen LogP contribution < -0.4 is 0 Å². The minimum absolute atomic E-state index is 0.118. The zero-order valence-corrected chi connectivity index (χ0v) is 12.7. The van der Waals surface area contributed by atoms with Gasteiger partial charge in [-0.15, -0.1) is 0 Å². The predicted octanol–water partition coefficient (Wildman–Crippen LogP) is 5.44. The molecule has 0 atom stereocenters. The molecule has 2 aliphatic rings. The summed E-state index contributed by atoms with van der Waals surface area (Å²) in [5, 5.41) is 12.9. The Bertz CT molecular complexity index is 603. The molecule has 1 aromatic rings. The van der Waals surface area contributed by atoms with Gasteiger partial charge in [0.15, 0.2) is 0 Å². The summed E-state index contributed by atoms with van der Waals surface area (Å²) in [5.74, 6) is 0.151. The summed E-state index contributed by atoms with van der Waals surface area (Å²) in [6, 6.07) is 4.76. The second-order valence-corrected chi connectivity index (χ2v) is 6.32. The maximum absolute atomic E-state index is 13.4. The third-order valence-electron chi connectivity index (χ3n) is 4.67. The first-order valence-electron chi connectivity index (χ1n) is 7.60. The van der Waals surface area contributed by atoms with Crippen LogP contribution in [0.25, 0.3) is 5.57 Å². The van der Waals surface area contributed by atoms with Crippen LogP contribution in [-0.4, -0.2) is 10.9 Å². The summed E-state index contributed by atoms with van der Waals surface area (Å²) < 4.78 is 13.4. The highest BCUT2D eigenvalue weighted by Crippen LogP contribution is 2.42. The first kappa shape index (κ1) is 14.6. The van der Waals surface area contributed by atoms with Crippen molar-refractivity contribution in [2.24, 2.45) is 11.1 Å². The van der Waals surface area contributed by atoms with Gasteiger partial charge in [-0.1, -0.05) is 47.7 Å². The highest BCUT2D eigenvalue weighted by Gasteiger charge is 2.29.